The van der Waals surface area contributed by atoms with Crippen LogP contribution >= 0.6 is 0 Å². The summed E-state index contributed by atoms with van der Waals surface area (Å²) in [7, 11) is 0. The first-order valence-electron chi connectivity index (χ1n) is 10.2. The van der Waals surface area contributed by atoms with E-state index in [1.807, 2.05) is 46.9 Å². The van der Waals surface area contributed by atoms with Gasteiger partial charge in [-0.2, -0.15) is 0 Å². The minimum Gasteiger partial charge on any atom is -0.341 e. The molecule has 0 aliphatic carbocycles. The van der Waals surface area contributed by atoms with Crippen LogP contribution in [0.25, 0.3) is 10.9 Å². The Morgan fingerprint density at radius 2 is 1.80 bits per heavy atom. The predicted octanol–water partition coefficient (Wildman–Crippen LogP) is 4.03. The monoisotopic (exact) mass is 408 g/mol. The Labute approximate surface area is 174 Å². The molecule has 1 fully saturated rings. The number of nitrogens with one attached hydrogen (secondary N) is 2. The van der Waals surface area contributed by atoms with E-state index < -0.39 is 0 Å². The van der Waals surface area contributed by atoms with Gasteiger partial charge >= 0.3 is 6.03 Å². The number of likely N-dealkylation sites (tertiary alicyclic amines) is 1. The van der Waals surface area contributed by atoms with E-state index in [1.54, 1.807) is 6.07 Å². The Morgan fingerprint density at radius 3 is 2.53 bits per heavy atom. The van der Waals surface area contributed by atoms with E-state index in [0.717, 1.165) is 42.6 Å². The lowest BCUT2D eigenvalue weighted by molar-refractivity contribution is -0.130. The number of hydrogen-bond donors (Lipinski definition) is 2. The van der Waals surface area contributed by atoms with Crippen LogP contribution in [0.2, 0.25) is 0 Å². The molecular weight excluding hydrogens is 383 g/mol. The largest absolute Gasteiger partial charge is 0.341 e. The molecule has 30 heavy (non-hydrogen) atoms. The fourth-order valence-electron chi connectivity index (χ4n) is 3.81. The minimum absolute atomic E-state index is 0.0605. The molecule has 1 aliphatic rings. The number of nitrogens with zero attached hydrogens (tertiary/aromatic N) is 2. The summed E-state index contributed by atoms with van der Waals surface area (Å²) in [6.45, 7) is 3.99. The van der Waals surface area contributed by atoms with E-state index in [-0.39, 0.29) is 30.8 Å². The van der Waals surface area contributed by atoms with Gasteiger partial charge in [0.15, 0.2) is 0 Å². The zero-order valence-corrected chi connectivity index (χ0v) is 17.0. The highest BCUT2D eigenvalue weighted by molar-refractivity contribution is 5.90. The van der Waals surface area contributed by atoms with Crippen LogP contribution in [0.1, 0.15) is 24.0 Å². The molecule has 0 radical (unpaired) electrons. The molecule has 4 rings (SSSR count). The van der Waals surface area contributed by atoms with Gasteiger partial charge in [-0.15, -0.1) is 0 Å². The van der Waals surface area contributed by atoms with Crippen LogP contribution in [0.15, 0.2) is 48.7 Å². The zero-order valence-electron chi connectivity index (χ0n) is 17.0. The average molecular weight is 408 g/mol. The highest BCUT2D eigenvalue weighted by atomic mass is 19.1. The van der Waals surface area contributed by atoms with Crippen LogP contribution in [-0.4, -0.2) is 34.5 Å². The molecule has 7 heteroatoms. The molecule has 3 aromatic rings. The van der Waals surface area contributed by atoms with E-state index in [0.29, 0.717) is 11.1 Å². The van der Waals surface area contributed by atoms with Gasteiger partial charge in [-0.1, -0.05) is 17.7 Å². The topological polar surface area (TPSA) is 66.4 Å². The van der Waals surface area contributed by atoms with Crippen molar-refractivity contribution in [2.45, 2.75) is 32.9 Å². The lowest BCUT2D eigenvalue weighted by Gasteiger charge is -2.16. The molecular formula is C23H25FN4O2. The van der Waals surface area contributed by atoms with Gasteiger partial charge in [0.05, 0.1) is 0 Å². The van der Waals surface area contributed by atoms with Gasteiger partial charge in [-0.25, -0.2) is 9.18 Å². The molecule has 0 atom stereocenters. The summed E-state index contributed by atoms with van der Waals surface area (Å²) in [6, 6.07) is 11.7. The number of benzene rings is 2. The Bertz CT molecular complexity index is 1070. The summed E-state index contributed by atoms with van der Waals surface area (Å²) >= 11 is 0. The molecule has 1 saturated heterocycles. The molecule has 6 nitrogen and oxygen atoms in total. The number of hydrogen-bond acceptors (Lipinski definition) is 2. The minimum atomic E-state index is -0.350. The fraction of sp³-hybridized carbons (Fsp3) is 0.304. The predicted molar refractivity (Wildman–Crippen MR) is 115 cm³/mol. The van der Waals surface area contributed by atoms with Crippen molar-refractivity contribution < 1.29 is 14.0 Å². The number of amides is 3. The molecule has 0 bridgehead atoms. The normalized spacial score (nSPS) is 13.6. The third-order valence-electron chi connectivity index (χ3n) is 5.44. The second kappa shape index (κ2) is 8.57. The lowest BCUT2D eigenvalue weighted by atomic mass is 10.1. The van der Waals surface area contributed by atoms with Crippen LogP contribution in [-0.2, 0) is 17.9 Å². The highest BCUT2D eigenvalue weighted by Gasteiger charge is 2.20. The van der Waals surface area contributed by atoms with E-state index in [9.17, 15) is 14.0 Å². The molecule has 3 amide bonds. The SMILES string of the molecule is Cc1ccc(NC(=O)NCc2cn(CC(=O)N3CCCC3)c3ccc(F)cc23)cc1. The number of anilines is 1. The van der Waals surface area contributed by atoms with Crippen molar-refractivity contribution in [1.82, 2.24) is 14.8 Å². The van der Waals surface area contributed by atoms with Gasteiger partial charge in [0.25, 0.3) is 0 Å². The molecule has 2 N–H and O–H groups in total. The first-order valence-corrected chi connectivity index (χ1v) is 10.2. The smallest absolute Gasteiger partial charge is 0.319 e. The van der Waals surface area contributed by atoms with Crippen molar-refractivity contribution in [3.8, 4) is 0 Å². The summed E-state index contributed by atoms with van der Waals surface area (Å²) in [5, 5.41) is 6.29. The van der Waals surface area contributed by atoms with E-state index >= 15 is 0 Å². The highest BCUT2D eigenvalue weighted by Crippen LogP contribution is 2.23. The molecule has 0 unspecified atom stereocenters. The first kappa shape index (κ1) is 19.9. The molecule has 156 valence electrons. The van der Waals surface area contributed by atoms with Crippen LogP contribution in [0.3, 0.4) is 0 Å². The van der Waals surface area contributed by atoms with Gasteiger partial charge in [0.1, 0.15) is 12.4 Å². The fourth-order valence-corrected chi connectivity index (χ4v) is 3.81. The Hall–Kier alpha value is -3.35. The number of urea groups is 1. The molecule has 0 saturated carbocycles. The maximum atomic E-state index is 13.9. The third kappa shape index (κ3) is 4.45. The van der Waals surface area contributed by atoms with E-state index in [1.165, 1.54) is 12.1 Å². The summed E-state index contributed by atoms with van der Waals surface area (Å²) in [5.74, 6) is -0.290. The summed E-state index contributed by atoms with van der Waals surface area (Å²) in [5.41, 5.74) is 3.35. The molecule has 0 spiro atoms. The number of halogens is 1. The summed E-state index contributed by atoms with van der Waals surface area (Å²) < 4.78 is 15.7. The molecule has 2 aromatic carbocycles. The van der Waals surface area contributed by atoms with Crippen LogP contribution in [0.5, 0.6) is 0 Å². The number of fused-ring (bicyclic) bond motifs is 1. The zero-order chi connectivity index (χ0) is 21.1. The molecule has 1 aromatic heterocycles. The van der Waals surface area contributed by atoms with Crippen LogP contribution < -0.4 is 10.6 Å². The number of rotatable bonds is 5. The summed E-state index contributed by atoms with van der Waals surface area (Å²) in [4.78, 5) is 26.7. The van der Waals surface area contributed by atoms with E-state index in [4.69, 9.17) is 0 Å². The number of carbonyl (C=O) groups excluding carboxylic acids is 2. The Balaban J connectivity index is 1.48. The van der Waals surface area contributed by atoms with Crippen molar-refractivity contribution in [3.63, 3.8) is 0 Å². The van der Waals surface area contributed by atoms with Gasteiger partial charge in [0.2, 0.25) is 5.91 Å². The maximum Gasteiger partial charge on any atom is 0.319 e. The van der Waals surface area contributed by atoms with Crippen molar-refractivity contribution in [3.05, 3.63) is 65.6 Å². The summed E-state index contributed by atoms with van der Waals surface area (Å²) in [6.07, 6.45) is 3.90. The van der Waals surface area contributed by atoms with Crippen molar-refractivity contribution in [1.29, 1.82) is 0 Å². The number of aryl methyl sites for hydroxylation is 1. The lowest BCUT2D eigenvalue weighted by Crippen LogP contribution is -2.30. The van der Waals surface area contributed by atoms with E-state index in [2.05, 4.69) is 10.6 Å². The van der Waals surface area contributed by atoms with Crippen LogP contribution in [0.4, 0.5) is 14.9 Å². The van der Waals surface area contributed by atoms with Gasteiger partial charge in [-0.05, 0) is 55.7 Å². The van der Waals surface area contributed by atoms with Gasteiger partial charge in [-0.3, -0.25) is 4.79 Å². The standard InChI is InChI=1S/C23H25FN4O2/c1-16-4-7-19(8-5-16)26-23(30)25-13-17-14-28(15-22(29)27-10-2-3-11-27)21-9-6-18(24)12-20(17)21/h4-9,12,14H,2-3,10-11,13,15H2,1H3,(H2,25,26,30). The molecule has 1 aliphatic heterocycles. The van der Waals surface area contributed by atoms with Crippen molar-refractivity contribution in [2.75, 3.05) is 18.4 Å². The third-order valence-corrected chi connectivity index (χ3v) is 5.44. The second-order valence-corrected chi connectivity index (χ2v) is 7.71. The number of carbonyl (C=O) groups is 2. The van der Waals surface area contributed by atoms with Crippen molar-refractivity contribution in [2.24, 2.45) is 0 Å². The Kier molecular flexibility index (Phi) is 5.70. The van der Waals surface area contributed by atoms with Gasteiger partial charge < -0.3 is 20.1 Å². The van der Waals surface area contributed by atoms with Gasteiger partial charge in [0, 0.05) is 42.4 Å². The number of aromatic nitrogens is 1. The van der Waals surface area contributed by atoms with Crippen LogP contribution in [0, 0.1) is 12.7 Å². The second-order valence-electron chi connectivity index (χ2n) is 7.71. The Morgan fingerprint density at radius 1 is 1.07 bits per heavy atom. The molecule has 2 heterocycles. The first-order chi connectivity index (χ1) is 14.5. The average Bonchev–Trinajstić information content (AvgIpc) is 3.37. The van der Waals surface area contributed by atoms with Crippen molar-refractivity contribution >= 4 is 28.5 Å². The quantitative estimate of drug-likeness (QED) is 0.669. The maximum absolute atomic E-state index is 13.9.